The van der Waals surface area contributed by atoms with Crippen molar-refractivity contribution >= 4 is 44.6 Å². The minimum absolute atomic E-state index is 0.0509. The largest absolute Gasteiger partial charge is 0.497 e. The fraction of sp³-hybridized carbons (Fsp3) is 0.242. The van der Waals surface area contributed by atoms with Gasteiger partial charge in [-0.25, -0.2) is 8.42 Å². The number of aromatic nitrogens is 1. The Morgan fingerprint density at radius 2 is 1.83 bits per heavy atom. The highest BCUT2D eigenvalue weighted by molar-refractivity contribution is 7.89. The van der Waals surface area contributed by atoms with Crippen LogP contribution in [0.5, 0.6) is 17.2 Å². The van der Waals surface area contributed by atoms with Crippen LogP contribution in [0.15, 0.2) is 76.4 Å². The van der Waals surface area contributed by atoms with Crippen molar-refractivity contribution in [2.24, 2.45) is 0 Å². The normalized spacial score (nSPS) is 15.7. The first kappa shape index (κ1) is 31.1. The SMILES string of the molecule is COc1cccc(/C=c2\s/c(=C(/C#N)C(=O)Nc3cccc(S(=O)(=O)N4CCCCC4)c3)n(Cc3ccc4c(c3)OCO4)c2=O)c1. The molecule has 0 unspecified atom stereocenters. The highest BCUT2D eigenvalue weighted by atomic mass is 32.2. The number of nitriles is 1. The third-order valence-corrected chi connectivity index (χ3v) is 10.7. The molecule has 0 saturated carbocycles. The van der Waals surface area contributed by atoms with Gasteiger partial charge in [0, 0.05) is 18.8 Å². The van der Waals surface area contributed by atoms with Gasteiger partial charge < -0.3 is 19.5 Å². The van der Waals surface area contributed by atoms with E-state index in [0.717, 1.165) is 30.6 Å². The number of nitrogens with one attached hydrogen (secondary N) is 1. The van der Waals surface area contributed by atoms with Gasteiger partial charge in [-0.3, -0.25) is 14.2 Å². The first-order valence-electron chi connectivity index (χ1n) is 14.6. The second-order valence-corrected chi connectivity index (χ2v) is 13.7. The van der Waals surface area contributed by atoms with E-state index in [0.29, 0.717) is 46.0 Å². The summed E-state index contributed by atoms with van der Waals surface area (Å²) in [5, 5.41) is 12.9. The van der Waals surface area contributed by atoms with Crippen molar-refractivity contribution in [2.45, 2.75) is 30.7 Å². The summed E-state index contributed by atoms with van der Waals surface area (Å²) in [6.45, 7) is 1.03. The minimum Gasteiger partial charge on any atom is -0.497 e. The first-order chi connectivity index (χ1) is 22.3. The number of fused-ring (bicyclic) bond motifs is 1. The molecule has 46 heavy (non-hydrogen) atoms. The van der Waals surface area contributed by atoms with Crippen LogP contribution >= 0.6 is 11.3 Å². The Morgan fingerprint density at radius 3 is 2.61 bits per heavy atom. The van der Waals surface area contributed by atoms with E-state index in [-0.39, 0.29) is 34.2 Å². The first-order valence-corrected chi connectivity index (χ1v) is 16.8. The van der Waals surface area contributed by atoms with E-state index in [1.165, 1.54) is 21.0 Å². The van der Waals surface area contributed by atoms with Gasteiger partial charge in [0.25, 0.3) is 11.5 Å². The van der Waals surface area contributed by atoms with E-state index in [4.69, 9.17) is 14.2 Å². The van der Waals surface area contributed by atoms with Crippen LogP contribution in [0.2, 0.25) is 0 Å². The van der Waals surface area contributed by atoms with Crippen LogP contribution in [-0.4, -0.2) is 50.2 Å². The molecular weight excluding hydrogens is 629 g/mol. The number of hydrogen-bond donors (Lipinski definition) is 1. The molecule has 236 valence electrons. The molecule has 4 aromatic rings. The molecule has 11 nitrogen and oxygen atoms in total. The molecule has 0 radical (unpaired) electrons. The summed E-state index contributed by atoms with van der Waals surface area (Å²) in [5.74, 6) is 0.956. The molecule has 1 N–H and O–H groups in total. The molecule has 0 atom stereocenters. The van der Waals surface area contributed by atoms with Gasteiger partial charge in [-0.2, -0.15) is 9.57 Å². The summed E-state index contributed by atoms with van der Waals surface area (Å²) in [7, 11) is -2.20. The average molecular weight is 659 g/mol. The minimum atomic E-state index is -3.75. The summed E-state index contributed by atoms with van der Waals surface area (Å²) in [5.41, 5.74) is 0.925. The fourth-order valence-corrected chi connectivity index (χ4v) is 7.99. The molecule has 2 aliphatic rings. The van der Waals surface area contributed by atoms with E-state index in [1.807, 2.05) is 12.1 Å². The lowest BCUT2D eigenvalue weighted by Gasteiger charge is -2.26. The Morgan fingerprint density at radius 1 is 1.04 bits per heavy atom. The van der Waals surface area contributed by atoms with Crippen LogP contribution < -0.4 is 34.3 Å². The van der Waals surface area contributed by atoms with Crippen LogP contribution in [0.3, 0.4) is 0 Å². The molecule has 0 bridgehead atoms. The Balaban J connectivity index is 1.41. The number of thiazole rings is 1. The number of anilines is 1. The van der Waals surface area contributed by atoms with Crippen molar-refractivity contribution in [3.05, 3.63) is 97.4 Å². The van der Waals surface area contributed by atoms with E-state index in [2.05, 4.69) is 5.32 Å². The van der Waals surface area contributed by atoms with Gasteiger partial charge in [-0.05, 0) is 72.5 Å². The monoisotopic (exact) mass is 658 g/mol. The highest BCUT2D eigenvalue weighted by Gasteiger charge is 2.26. The molecule has 3 heterocycles. The van der Waals surface area contributed by atoms with Crippen molar-refractivity contribution < 1.29 is 27.4 Å². The number of benzene rings is 3. The topological polar surface area (TPSA) is 140 Å². The number of carbonyl (C=O) groups is 1. The number of nitrogens with zero attached hydrogens (tertiary/aromatic N) is 3. The standard InChI is InChI=1S/C33H30N4O7S2/c1-42-25-9-5-7-22(15-25)17-30-32(39)37(20-23-11-12-28-29(16-23)44-21-43-28)33(45-30)27(19-34)31(38)35-24-8-6-10-26(18-24)46(40,41)36-13-3-2-4-14-36/h5-12,15-18H,2-4,13-14,20-21H2,1H3,(H,35,38)/b30-17-,33-27-. The van der Waals surface area contributed by atoms with E-state index >= 15 is 0 Å². The van der Waals surface area contributed by atoms with Crippen LogP contribution in [0.1, 0.15) is 30.4 Å². The van der Waals surface area contributed by atoms with Gasteiger partial charge in [0.15, 0.2) is 17.1 Å². The van der Waals surface area contributed by atoms with Crippen LogP contribution in [0.25, 0.3) is 11.6 Å². The van der Waals surface area contributed by atoms with Gasteiger partial charge in [-0.15, -0.1) is 11.3 Å². The zero-order valence-corrected chi connectivity index (χ0v) is 26.5. The molecule has 0 spiro atoms. The predicted molar refractivity (Wildman–Crippen MR) is 173 cm³/mol. The maximum Gasteiger partial charge on any atom is 0.269 e. The van der Waals surface area contributed by atoms with Crippen molar-refractivity contribution in [3.8, 4) is 23.3 Å². The van der Waals surface area contributed by atoms with Crippen molar-refractivity contribution in [2.75, 3.05) is 32.3 Å². The number of ether oxygens (including phenoxy) is 3. The Kier molecular flexibility index (Phi) is 8.94. The maximum absolute atomic E-state index is 13.8. The average Bonchev–Trinajstić information content (AvgIpc) is 3.66. The molecule has 3 aromatic carbocycles. The molecule has 1 saturated heterocycles. The molecule has 0 aliphatic carbocycles. The van der Waals surface area contributed by atoms with Crippen molar-refractivity contribution in [1.29, 1.82) is 5.26 Å². The molecule has 1 fully saturated rings. The molecule has 2 aliphatic heterocycles. The maximum atomic E-state index is 13.8. The number of hydrogen-bond acceptors (Lipinski definition) is 9. The summed E-state index contributed by atoms with van der Waals surface area (Å²) in [6.07, 6.45) is 4.25. The highest BCUT2D eigenvalue weighted by Crippen LogP contribution is 2.32. The van der Waals surface area contributed by atoms with Crippen LogP contribution in [0.4, 0.5) is 5.69 Å². The van der Waals surface area contributed by atoms with Crippen molar-refractivity contribution in [1.82, 2.24) is 8.87 Å². The molecule has 13 heteroatoms. The second-order valence-electron chi connectivity index (χ2n) is 10.7. The lowest BCUT2D eigenvalue weighted by atomic mass is 10.2. The fourth-order valence-electron chi connectivity index (χ4n) is 5.33. The predicted octanol–water partition coefficient (Wildman–Crippen LogP) is 3.01. The molecular formula is C33H30N4O7S2. The number of sulfonamides is 1. The molecule has 6 rings (SSSR count). The zero-order valence-electron chi connectivity index (χ0n) is 24.9. The Hall–Kier alpha value is -4.90. The zero-order chi connectivity index (χ0) is 32.3. The van der Waals surface area contributed by atoms with Crippen LogP contribution in [-0.2, 0) is 21.4 Å². The number of methoxy groups -OCH3 is 1. The molecule has 1 amide bonds. The molecule has 1 aromatic heterocycles. The quantitative estimate of drug-likeness (QED) is 0.305. The second kappa shape index (κ2) is 13.2. The van der Waals surface area contributed by atoms with Gasteiger partial charge >= 0.3 is 0 Å². The Labute approximate surface area is 269 Å². The van der Waals surface area contributed by atoms with Gasteiger partial charge in [0.2, 0.25) is 16.8 Å². The van der Waals surface area contributed by atoms with Gasteiger partial charge in [0.05, 0.1) is 23.1 Å². The third-order valence-electron chi connectivity index (χ3n) is 7.67. The summed E-state index contributed by atoms with van der Waals surface area (Å²) in [4.78, 5) is 27.5. The van der Waals surface area contributed by atoms with Crippen molar-refractivity contribution in [3.63, 3.8) is 0 Å². The number of rotatable bonds is 8. The van der Waals surface area contributed by atoms with Gasteiger partial charge in [-0.1, -0.05) is 30.7 Å². The summed E-state index contributed by atoms with van der Waals surface area (Å²) >= 11 is 1.01. The Bertz CT molecular complexity index is 2140. The third kappa shape index (κ3) is 6.41. The van der Waals surface area contributed by atoms with E-state index < -0.39 is 21.5 Å². The summed E-state index contributed by atoms with van der Waals surface area (Å²) in [6, 6.07) is 20.4. The van der Waals surface area contributed by atoms with E-state index in [9.17, 15) is 23.3 Å². The number of piperidine rings is 1. The number of amides is 1. The van der Waals surface area contributed by atoms with Crippen LogP contribution in [0, 0.1) is 11.3 Å². The lowest BCUT2D eigenvalue weighted by Crippen LogP contribution is -2.35. The summed E-state index contributed by atoms with van der Waals surface area (Å²) < 4.78 is 46.0. The van der Waals surface area contributed by atoms with E-state index in [1.54, 1.807) is 61.7 Å². The smallest absolute Gasteiger partial charge is 0.269 e. The number of carbonyl (C=O) groups excluding carboxylic acids is 1. The van der Waals surface area contributed by atoms with Gasteiger partial charge in [0.1, 0.15) is 16.5 Å². The lowest BCUT2D eigenvalue weighted by molar-refractivity contribution is -0.111.